The van der Waals surface area contributed by atoms with Crippen LogP contribution in [0.3, 0.4) is 0 Å². The number of anilines is 1. The molecule has 1 heterocycles. The standard InChI is InChI=1S/C23H31N3O/c1-4-21(20-11-9-18(2)10-12-20)24-23(27)17-25-13-15-26(16-14-25)22-8-6-5-7-19(22)3/h5-12,21H,4,13-17H2,1-3H3,(H,24,27)/p+1/t21-/m1/s1. The summed E-state index contributed by atoms with van der Waals surface area (Å²) in [5.74, 6) is 0.154. The summed E-state index contributed by atoms with van der Waals surface area (Å²) in [6.07, 6.45) is 0.908. The molecule has 4 nitrogen and oxygen atoms in total. The molecule has 27 heavy (non-hydrogen) atoms. The summed E-state index contributed by atoms with van der Waals surface area (Å²) >= 11 is 0. The van der Waals surface area contributed by atoms with Crippen LogP contribution in [0.5, 0.6) is 0 Å². The predicted molar refractivity (Wildman–Crippen MR) is 111 cm³/mol. The number of rotatable bonds is 6. The Morgan fingerprint density at radius 2 is 1.74 bits per heavy atom. The summed E-state index contributed by atoms with van der Waals surface area (Å²) in [7, 11) is 0. The van der Waals surface area contributed by atoms with Crippen molar-refractivity contribution in [3.63, 3.8) is 0 Å². The minimum Gasteiger partial charge on any atom is -0.360 e. The Morgan fingerprint density at radius 3 is 2.37 bits per heavy atom. The van der Waals surface area contributed by atoms with Crippen LogP contribution in [0.25, 0.3) is 0 Å². The zero-order valence-electron chi connectivity index (χ0n) is 16.8. The first-order chi connectivity index (χ1) is 13.1. The Morgan fingerprint density at radius 1 is 1.07 bits per heavy atom. The number of quaternary nitrogens is 1. The van der Waals surface area contributed by atoms with Crippen LogP contribution in [0, 0.1) is 13.8 Å². The van der Waals surface area contributed by atoms with Gasteiger partial charge < -0.3 is 15.1 Å². The lowest BCUT2D eigenvalue weighted by Gasteiger charge is -2.34. The predicted octanol–water partition coefficient (Wildman–Crippen LogP) is 2.28. The van der Waals surface area contributed by atoms with Crippen LogP contribution < -0.4 is 15.1 Å². The molecule has 3 rings (SSSR count). The lowest BCUT2D eigenvalue weighted by atomic mass is 10.0. The van der Waals surface area contributed by atoms with Gasteiger partial charge in [-0.3, -0.25) is 4.79 Å². The highest BCUT2D eigenvalue weighted by Crippen LogP contribution is 2.19. The van der Waals surface area contributed by atoms with Gasteiger partial charge in [-0.15, -0.1) is 0 Å². The van der Waals surface area contributed by atoms with Crippen molar-refractivity contribution >= 4 is 11.6 Å². The van der Waals surface area contributed by atoms with E-state index in [0.29, 0.717) is 6.54 Å². The highest BCUT2D eigenvalue weighted by molar-refractivity contribution is 5.77. The topological polar surface area (TPSA) is 36.8 Å². The maximum Gasteiger partial charge on any atom is 0.275 e. The summed E-state index contributed by atoms with van der Waals surface area (Å²) in [6, 6.07) is 17.1. The molecule has 1 aliphatic heterocycles. The maximum absolute atomic E-state index is 12.6. The van der Waals surface area contributed by atoms with Crippen LogP contribution in [-0.2, 0) is 4.79 Å². The molecule has 0 bridgehead atoms. The van der Waals surface area contributed by atoms with Crippen LogP contribution in [0.1, 0.15) is 36.1 Å². The van der Waals surface area contributed by atoms with Crippen molar-refractivity contribution in [3.8, 4) is 0 Å². The minimum absolute atomic E-state index is 0.103. The van der Waals surface area contributed by atoms with Crippen LogP contribution in [0.2, 0.25) is 0 Å². The van der Waals surface area contributed by atoms with Gasteiger partial charge in [0.2, 0.25) is 0 Å². The molecule has 2 aromatic rings. The molecule has 2 aromatic carbocycles. The molecule has 0 aromatic heterocycles. The number of carbonyl (C=O) groups excluding carboxylic acids is 1. The third-order valence-corrected chi connectivity index (χ3v) is 5.56. The van der Waals surface area contributed by atoms with E-state index in [-0.39, 0.29) is 11.9 Å². The van der Waals surface area contributed by atoms with Gasteiger partial charge in [0.25, 0.3) is 5.91 Å². The average molecular weight is 367 g/mol. The van der Waals surface area contributed by atoms with Crippen molar-refractivity contribution in [1.82, 2.24) is 5.32 Å². The molecule has 0 spiro atoms. The Kier molecular flexibility index (Phi) is 6.51. The molecule has 1 atom stereocenters. The second kappa shape index (κ2) is 9.05. The van der Waals surface area contributed by atoms with Crippen LogP contribution in [0.15, 0.2) is 48.5 Å². The van der Waals surface area contributed by atoms with E-state index in [4.69, 9.17) is 0 Å². The van der Waals surface area contributed by atoms with Gasteiger partial charge in [-0.2, -0.15) is 0 Å². The minimum atomic E-state index is 0.103. The number of nitrogens with zero attached hydrogens (tertiary/aromatic N) is 1. The first-order valence-electron chi connectivity index (χ1n) is 10.1. The Balaban J connectivity index is 1.50. The van der Waals surface area contributed by atoms with Crippen molar-refractivity contribution < 1.29 is 9.69 Å². The number of carbonyl (C=O) groups is 1. The van der Waals surface area contributed by atoms with Gasteiger partial charge in [-0.25, -0.2) is 0 Å². The van der Waals surface area contributed by atoms with Crippen LogP contribution in [0.4, 0.5) is 5.69 Å². The molecule has 4 heteroatoms. The largest absolute Gasteiger partial charge is 0.360 e. The van der Waals surface area contributed by atoms with Crippen LogP contribution >= 0.6 is 0 Å². The van der Waals surface area contributed by atoms with Crippen molar-refractivity contribution in [1.29, 1.82) is 0 Å². The summed E-state index contributed by atoms with van der Waals surface area (Å²) in [4.78, 5) is 16.4. The molecule has 0 unspecified atom stereocenters. The fourth-order valence-corrected chi connectivity index (χ4v) is 3.85. The number of hydrogen-bond acceptors (Lipinski definition) is 2. The number of para-hydroxylation sites is 1. The molecule has 2 N–H and O–H groups in total. The molecule has 1 amide bonds. The summed E-state index contributed by atoms with van der Waals surface area (Å²) in [5, 5.41) is 3.23. The molecule has 1 saturated heterocycles. The first kappa shape index (κ1) is 19.4. The van der Waals surface area contributed by atoms with Crippen molar-refractivity contribution in [2.24, 2.45) is 0 Å². The van der Waals surface area contributed by atoms with E-state index in [1.165, 1.54) is 27.3 Å². The molecule has 1 fully saturated rings. The molecule has 1 aliphatic rings. The van der Waals surface area contributed by atoms with Gasteiger partial charge in [0.15, 0.2) is 6.54 Å². The van der Waals surface area contributed by atoms with E-state index in [1.807, 2.05) is 0 Å². The fraction of sp³-hybridized carbons (Fsp3) is 0.435. The molecular weight excluding hydrogens is 334 g/mol. The number of nitrogens with one attached hydrogen (secondary N) is 2. The van der Waals surface area contributed by atoms with E-state index in [9.17, 15) is 4.79 Å². The Hall–Kier alpha value is -2.33. The van der Waals surface area contributed by atoms with E-state index in [0.717, 1.165) is 32.6 Å². The smallest absolute Gasteiger partial charge is 0.275 e. The number of aryl methyl sites for hydroxylation is 2. The average Bonchev–Trinajstić information content (AvgIpc) is 2.68. The fourth-order valence-electron chi connectivity index (χ4n) is 3.85. The lowest BCUT2D eigenvalue weighted by Crippen LogP contribution is -3.16. The quantitative estimate of drug-likeness (QED) is 0.823. The third-order valence-electron chi connectivity index (χ3n) is 5.56. The molecule has 0 saturated carbocycles. The second-order valence-corrected chi connectivity index (χ2v) is 7.64. The van der Waals surface area contributed by atoms with Gasteiger partial charge >= 0.3 is 0 Å². The van der Waals surface area contributed by atoms with Gasteiger partial charge in [0.05, 0.1) is 32.2 Å². The summed E-state index contributed by atoms with van der Waals surface area (Å²) < 4.78 is 0. The first-order valence-corrected chi connectivity index (χ1v) is 10.1. The summed E-state index contributed by atoms with van der Waals surface area (Å²) in [5.41, 5.74) is 5.08. The zero-order valence-corrected chi connectivity index (χ0v) is 16.8. The van der Waals surface area contributed by atoms with Gasteiger partial charge in [0, 0.05) is 5.69 Å². The number of benzene rings is 2. The van der Waals surface area contributed by atoms with E-state index in [2.05, 4.69) is 79.5 Å². The van der Waals surface area contributed by atoms with Crippen molar-refractivity contribution in [3.05, 3.63) is 65.2 Å². The van der Waals surface area contributed by atoms with E-state index in [1.54, 1.807) is 0 Å². The zero-order chi connectivity index (χ0) is 19.2. The molecule has 0 aliphatic carbocycles. The van der Waals surface area contributed by atoms with E-state index < -0.39 is 0 Å². The highest BCUT2D eigenvalue weighted by Gasteiger charge is 2.24. The third kappa shape index (κ3) is 5.10. The SMILES string of the molecule is CC[C@@H](NC(=O)C[NH+]1CCN(c2ccccc2C)CC1)c1ccc(C)cc1. The van der Waals surface area contributed by atoms with Gasteiger partial charge in [-0.05, 0) is 37.5 Å². The van der Waals surface area contributed by atoms with Crippen LogP contribution in [-0.4, -0.2) is 38.6 Å². The van der Waals surface area contributed by atoms with Gasteiger partial charge in [0.1, 0.15) is 0 Å². The lowest BCUT2D eigenvalue weighted by molar-refractivity contribution is -0.892. The van der Waals surface area contributed by atoms with Crippen molar-refractivity contribution in [2.45, 2.75) is 33.2 Å². The van der Waals surface area contributed by atoms with Gasteiger partial charge in [-0.1, -0.05) is 55.0 Å². The Labute approximate surface area is 163 Å². The number of hydrogen-bond donors (Lipinski definition) is 2. The Bertz CT molecular complexity index is 748. The molecule has 144 valence electrons. The number of piperazine rings is 1. The molecular formula is C23H32N3O+. The monoisotopic (exact) mass is 366 g/mol. The molecule has 0 radical (unpaired) electrons. The normalized spacial score (nSPS) is 16.2. The summed E-state index contributed by atoms with van der Waals surface area (Å²) in [6.45, 7) is 10.9. The number of amides is 1. The van der Waals surface area contributed by atoms with Crippen molar-refractivity contribution in [2.75, 3.05) is 37.6 Å². The van der Waals surface area contributed by atoms with E-state index >= 15 is 0 Å². The second-order valence-electron chi connectivity index (χ2n) is 7.64. The highest BCUT2D eigenvalue weighted by atomic mass is 16.2. The maximum atomic E-state index is 12.6.